The first-order valence-electron chi connectivity index (χ1n) is 6.28. The summed E-state index contributed by atoms with van der Waals surface area (Å²) < 4.78 is 7.82. The van der Waals surface area contributed by atoms with Gasteiger partial charge in [-0.15, -0.1) is 0 Å². The van der Waals surface area contributed by atoms with E-state index in [9.17, 15) is 4.79 Å². The van der Waals surface area contributed by atoms with Crippen molar-refractivity contribution < 1.29 is 9.21 Å². The van der Waals surface area contributed by atoms with E-state index >= 15 is 0 Å². The molecule has 0 aromatic carbocycles. The van der Waals surface area contributed by atoms with Crippen molar-refractivity contribution in [3.8, 4) is 0 Å². The van der Waals surface area contributed by atoms with Gasteiger partial charge in [0.25, 0.3) is 0 Å². The lowest BCUT2D eigenvalue weighted by Crippen LogP contribution is -2.43. The van der Waals surface area contributed by atoms with E-state index in [1.807, 2.05) is 25.3 Å². The third-order valence-corrected chi connectivity index (χ3v) is 3.18. The van der Waals surface area contributed by atoms with Crippen LogP contribution in [-0.2, 0) is 13.1 Å². The lowest BCUT2D eigenvalue weighted by molar-refractivity contribution is 0.198. The lowest BCUT2D eigenvalue weighted by atomic mass is 10.3. The summed E-state index contributed by atoms with van der Waals surface area (Å²) in [6.07, 6.45) is 3.59. The predicted molar refractivity (Wildman–Crippen MR) is 78.1 cm³/mol. The van der Waals surface area contributed by atoms with Crippen LogP contribution in [0.2, 0.25) is 0 Å². The van der Waals surface area contributed by atoms with Crippen LogP contribution in [0.25, 0.3) is 0 Å². The quantitative estimate of drug-likeness (QED) is 0.909. The second-order valence-electron chi connectivity index (χ2n) is 4.64. The molecule has 2 amide bonds. The Morgan fingerprint density at radius 1 is 1.60 bits per heavy atom. The lowest BCUT2D eigenvalue weighted by Gasteiger charge is -2.20. The Morgan fingerprint density at radius 2 is 2.40 bits per heavy atom. The van der Waals surface area contributed by atoms with Gasteiger partial charge in [0, 0.05) is 25.5 Å². The molecule has 2 rings (SSSR count). The van der Waals surface area contributed by atoms with Gasteiger partial charge in [0.2, 0.25) is 0 Å². The molecule has 2 aromatic heterocycles. The van der Waals surface area contributed by atoms with E-state index in [1.165, 1.54) is 0 Å². The predicted octanol–water partition coefficient (Wildman–Crippen LogP) is 2.47. The molecule has 6 nitrogen and oxygen atoms in total. The van der Waals surface area contributed by atoms with Crippen molar-refractivity contribution in [2.75, 3.05) is 7.05 Å². The molecular formula is C13H17BrN4O2. The average Bonchev–Trinajstić information content (AvgIpc) is 3.01. The maximum atomic E-state index is 12.0. The summed E-state index contributed by atoms with van der Waals surface area (Å²) in [5.41, 5.74) is 0. The van der Waals surface area contributed by atoms with Gasteiger partial charge in [-0.25, -0.2) is 4.79 Å². The molecule has 7 heteroatoms. The molecule has 2 heterocycles. The van der Waals surface area contributed by atoms with E-state index in [4.69, 9.17) is 4.42 Å². The van der Waals surface area contributed by atoms with Gasteiger partial charge >= 0.3 is 6.03 Å². The van der Waals surface area contributed by atoms with Crippen LogP contribution >= 0.6 is 15.9 Å². The molecule has 0 aliphatic carbocycles. The number of hydrogen-bond donors (Lipinski definition) is 1. The average molecular weight is 341 g/mol. The molecule has 0 aliphatic heterocycles. The van der Waals surface area contributed by atoms with Crippen LogP contribution in [-0.4, -0.2) is 33.8 Å². The summed E-state index contributed by atoms with van der Waals surface area (Å²) in [5, 5.41) is 7.03. The first-order chi connectivity index (χ1) is 9.54. The van der Waals surface area contributed by atoms with Crippen molar-refractivity contribution in [2.45, 2.75) is 26.1 Å². The zero-order valence-corrected chi connectivity index (χ0v) is 13.0. The number of hydrogen-bond acceptors (Lipinski definition) is 3. The summed E-state index contributed by atoms with van der Waals surface area (Å²) in [6.45, 7) is 3.00. The Labute approximate surface area is 125 Å². The number of halogens is 1. The van der Waals surface area contributed by atoms with Crippen LogP contribution in [0.5, 0.6) is 0 Å². The number of amides is 2. The van der Waals surface area contributed by atoms with Gasteiger partial charge < -0.3 is 14.6 Å². The van der Waals surface area contributed by atoms with Gasteiger partial charge in [0.1, 0.15) is 5.76 Å². The van der Waals surface area contributed by atoms with Crippen molar-refractivity contribution >= 4 is 22.0 Å². The number of nitrogens with one attached hydrogen (secondary N) is 1. The number of urea groups is 1. The second-order valence-corrected chi connectivity index (χ2v) is 5.42. The summed E-state index contributed by atoms with van der Waals surface area (Å²) in [6, 6.07) is 5.35. The fourth-order valence-corrected chi connectivity index (χ4v) is 2.14. The summed E-state index contributed by atoms with van der Waals surface area (Å²) in [4.78, 5) is 13.6. The standard InChI is InChI=1S/C13H17BrN4O2/c1-10(8-18-7-3-6-15-18)16-13(19)17(2)9-11-4-5-12(14)20-11/h3-7,10H,8-9H2,1-2H3,(H,16,19). The normalized spacial score (nSPS) is 12.2. The molecule has 1 atom stereocenters. The van der Waals surface area contributed by atoms with Gasteiger partial charge in [0.15, 0.2) is 4.67 Å². The van der Waals surface area contributed by atoms with Gasteiger partial charge in [-0.3, -0.25) is 4.68 Å². The number of aromatic nitrogens is 2. The first-order valence-corrected chi connectivity index (χ1v) is 7.07. The molecule has 1 N–H and O–H groups in total. The van der Waals surface area contributed by atoms with Crippen LogP contribution < -0.4 is 5.32 Å². The highest BCUT2D eigenvalue weighted by atomic mass is 79.9. The van der Waals surface area contributed by atoms with Crippen LogP contribution in [0.4, 0.5) is 4.79 Å². The van der Waals surface area contributed by atoms with E-state index < -0.39 is 0 Å². The Balaban J connectivity index is 1.81. The minimum atomic E-state index is -0.142. The molecule has 0 fully saturated rings. The molecule has 0 saturated carbocycles. The maximum Gasteiger partial charge on any atom is 0.317 e. The molecule has 2 aromatic rings. The van der Waals surface area contributed by atoms with Gasteiger partial charge in [0.05, 0.1) is 13.1 Å². The van der Waals surface area contributed by atoms with Crippen LogP contribution in [0, 0.1) is 0 Å². The highest BCUT2D eigenvalue weighted by Gasteiger charge is 2.14. The number of nitrogens with zero attached hydrogens (tertiary/aromatic N) is 3. The van der Waals surface area contributed by atoms with Crippen molar-refractivity contribution in [2.24, 2.45) is 0 Å². The maximum absolute atomic E-state index is 12.0. The number of carbonyl (C=O) groups is 1. The fourth-order valence-electron chi connectivity index (χ4n) is 1.80. The van der Waals surface area contributed by atoms with Crippen molar-refractivity contribution in [1.29, 1.82) is 0 Å². The van der Waals surface area contributed by atoms with Gasteiger partial charge in [-0.2, -0.15) is 5.10 Å². The van der Waals surface area contributed by atoms with Gasteiger partial charge in [-0.05, 0) is 41.1 Å². The molecule has 0 saturated heterocycles. The van der Waals surface area contributed by atoms with Crippen LogP contribution in [0.1, 0.15) is 12.7 Å². The Morgan fingerprint density at radius 3 is 3.00 bits per heavy atom. The number of furan rings is 1. The van der Waals surface area contributed by atoms with E-state index in [2.05, 4.69) is 26.3 Å². The third-order valence-electron chi connectivity index (χ3n) is 2.76. The first kappa shape index (κ1) is 14.6. The Bertz CT molecular complexity index is 552. The molecule has 0 aliphatic rings. The van der Waals surface area contributed by atoms with Crippen LogP contribution in [0.15, 0.2) is 39.7 Å². The molecule has 0 radical (unpaired) electrons. The highest BCUT2D eigenvalue weighted by molar-refractivity contribution is 9.10. The Kier molecular flexibility index (Phi) is 4.84. The largest absolute Gasteiger partial charge is 0.452 e. The smallest absolute Gasteiger partial charge is 0.317 e. The highest BCUT2D eigenvalue weighted by Crippen LogP contribution is 2.15. The van der Waals surface area contributed by atoms with Crippen LogP contribution in [0.3, 0.4) is 0 Å². The van der Waals surface area contributed by atoms with Gasteiger partial charge in [-0.1, -0.05) is 0 Å². The monoisotopic (exact) mass is 340 g/mol. The SMILES string of the molecule is CC(Cn1cccn1)NC(=O)N(C)Cc1ccc(Br)o1. The molecule has 0 bridgehead atoms. The minimum Gasteiger partial charge on any atom is -0.452 e. The molecular weight excluding hydrogens is 324 g/mol. The third kappa shape index (κ3) is 4.12. The van der Waals surface area contributed by atoms with Crippen molar-refractivity contribution in [3.63, 3.8) is 0 Å². The number of carbonyl (C=O) groups excluding carboxylic acids is 1. The molecule has 20 heavy (non-hydrogen) atoms. The fraction of sp³-hybridized carbons (Fsp3) is 0.385. The summed E-state index contributed by atoms with van der Waals surface area (Å²) in [7, 11) is 1.73. The second kappa shape index (κ2) is 6.60. The Hall–Kier alpha value is -1.76. The van der Waals surface area contributed by atoms with E-state index in [-0.39, 0.29) is 12.1 Å². The van der Waals surface area contributed by atoms with Crippen molar-refractivity contribution in [3.05, 3.63) is 41.0 Å². The number of rotatable bonds is 5. The van der Waals surface area contributed by atoms with E-state index in [0.717, 1.165) is 5.76 Å². The van der Waals surface area contributed by atoms with E-state index in [1.54, 1.807) is 28.9 Å². The zero-order chi connectivity index (χ0) is 14.5. The molecule has 1 unspecified atom stereocenters. The topological polar surface area (TPSA) is 63.3 Å². The molecule has 108 valence electrons. The van der Waals surface area contributed by atoms with Crippen molar-refractivity contribution in [1.82, 2.24) is 20.0 Å². The zero-order valence-electron chi connectivity index (χ0n) is 11.4. The summed E-state index contributed by atoms with van der Waals surface area (Å²) in [5.74, 6) is 0.731. The summed E-state index contributed by atoms with van der Waals surface area (Å²) >= 11 is 3.24. The minimum absolute atomic E-state index is 0.00631. The molecule has 0 spiro atoms. The van der Waals surface area contributed by atoms with E-state index in [0.29, 0.717) is 17.8 Å².